The van der Waals surface area contributed by atoms with Crippen molar-refractivity contribution in [1.29, 1.82) is 0 Å². The fraction of sp³-hybridized carbons (Fsp3) is 0.500. The van der Waals surface area contributed by atoms with Gasteiger partial charge in [0, 0.05) is 32.2 Å². The second-order valence-corrected chi connectivity index (χ2v) is 5.69. The molecule has 0 aliphatic rings. The third-order valence-corrected chi connectivity index (χ3v) is 3.21. The van der Waals surface area contributed by atoms with E-state index in [1.807, 2.05) is 18.2 Å². The molecule has 0 heterocycles. The highest BCUT2D eigenvalue weighted by Crippen LogP contribution is 2.29. The summed E-state index contributed by atoms with van der Waals surface area (Å²) in [6, 6.07) is 6.27. The molecule has 5 heteroatoms. The van der Waals surface area contributed by atoms with Gasteiger partial charge in [-0.05, 0) is 22.0 Å². The van der Waals surface area contributed by atoms with E-state index in [-0.39, 0.29) is 12.5 Å². The predicted octanol–water partition coefficient (Wildman–Crippen LogP) is 2.41. The van der Waals surface area contributed by atoms with Crippen LogP contribution in [0.25, 0.3) is 0 Å². The van der Waals surface area contributed by atoms with E-state index >= 15 is 0 Å². The van der Waals surface area contributed by atoms with Gasteiger partial charge in [-0.1, -0.05) is 26.0 Å². The Morgan fingerprint density at radius 2 is 2.11 bits per heavy atom. The zero-order chi connectivity index (χ0) is 14.4. The standard InChI is InChI=1S/C14H21BrN2O2/c1-10(2)16-8-11-6-5-7-12(15)14(11)19-9-13(18)17(3)4/h5-7,10,16H,8-9H2,1-4H3. The highest BCUT2D eigenvalue weighted by atomic mass is 79.9. The third-order valence-electron chi connectivity index (χ3n) is 2.59. The molecule has 0 spiro atoms. The number of halogens is 1. The van der Waals surface area contributed by atoms with Crippen LogP contribution in [0, 0.1) is 0 Å². The van der Waals surface area contributed by atoms with Gasteiger partial charge < -0.3 is 15.0 Å². The molecule has 1 rings (SSSR count). The van der Waals surface area contributed by atoms with Crippen LogP contribution in [0.4, 0.5) is 0 Å². The van der Waals surface area contributed by atoms with E-state index in [0.29, 0.717) is 12.6 Å². The number of carbonyl (C=O) groups is 1. The molecule has 0 atom stereocenters. The molecule has 4 nitrogen and oxygen atoms in total. The monoisotopic (exact) mass is 328 g/mol. The van der Waals surface area contributed by atoms with E-state index in [2.05, 4.69) is 35.1 Å². The lowest BCUT2D eigenvalue weighted by Crippen LogP contribution is -2.28. The van der Waals surface area contributed by atoms with Crippen LogP contribution in [-0.4, -0.2) is 37.6 Å². The van der Waals surface area contributed by atoms with Crippen LogP contribution in [0.5, 0.6) is 5.75 Å². The molecular formula is C14H21BrN2O2. The van der Waals surface area contributed by atoms with Crippen LogP contribution in [0.1, 0.15) is 19.4 Å². The van der Waals surface area contributed by atoms with Crippen molar-refractivity contribution in [2.24, 2.45) is 0 Å². The molecule has 0 unspecified atom stereocenters. The van der Waals surface area contributed by atoms with E-state index < -0.39 is 0 Å². The van der Waals surface area contributed by atoms with Gasteiger partial charge in [0.2, 0.25) is 0 Å². The zero-order valence-electron chi connectivity index (χ0n) is 11.9. The lowest BCUT2D eigenvalue weighted by atomic mass is 10.2. The number of para-hydroxylation sites is 1. The Bertz CT molecular complexity index is 433. The molecule has 0 radical (unpaired) electrons. The number of rotatable bonds is 6. The molecule has 0 saturated heterocycles. The van der Waals surface area contributed by atoms with Gasteiger partial charge in [-0.2, -0.15) is 0 Å². The molecular weight excluding hydrogens is 308 g/mol. The minimum atomic E-state index is -0.0569. The molecule has 0 bridgehead atoms. The summed E-state index contributed by atoms with van der Waals surface area (Å²) in [7, 11) is 3.43. The van der Waals surface area contributed by atoms with E-state index in [1.54, 1.807) is 14.1 Å². The van der Waals surface area contributed by atoms with Crippen molar-refractivity contribution in [1.82, 2.24) is 10.2 Å². The second-order valence-electron chi connectivity index (χ2n) is 4.84. The van der Waals surface area contributed by atoms with Gasteiger partial charge in [-0.3, -0.25) is 4.79 Å². The van der Waals surface area contributed by atoms with Crippen molar-refractivity contribution in [3.05, 3.63) is 28.2 Å². The largest absolute Gasteiger partial charge is 0.482 e. The third kappa shape index (κ3) is 5.20. The Balaban J connectivity index is 2.77. The summed E-state index contributed by atoms with van der Waals surface area (Å²) in [6.07, 6.45) is 0. The Labute approximate surface area is 123 Å². The average Bonchev–Trinajstić information content (AvgIpc) is 2.34. The van der Waals surface area contributed by atoms with Gasteiger partial charge in [-0.25, -0.2) is 0 Å². The summed E-state index contributed by atoms with van der Waals surface area (Å²) in [6.45, 7) is 4.94. The van der Waals surface area contributed by atoms with Crippen molar-refractivity contribution in [3.8, 4) is 5.75 Å². The second kappa shape index (κ2) is 7.50. The first kappa shape index (κ1) is 16.0. The maximum atomic E-state index is 11.6. The topological polar surface area (TPSA) is 41.6 Å². The fourth-order valence-electron chi connectivity index (χ4n) is 1.43. The van der Waals surface area contributed by atoms with E-state index in [0.717, 1.165) is 15.8 Å². The minimum Gasteiger partial charge on any atom is -0.482 e. The summed E-state index contributed by atoms with van der Waals surface area (Å²) in [5.41, 5.74) is 1.04. The normalized spacial score (nSPS) is 10.6. The van der Waals surface area contributed by atoms with Gasteiger partial charge in [0.1, 0.15) is 5.75 Å². The highest BCUT2D eigenvalue weighted by Gasteiger charge is 2.11. The van der Waals surface area contributed by atoms with E-state index in [9.17, 15) is 4.79 Å². The summed E-state index contributed by atoms with van der Waals surface area (Å²) in [5, 5.41) is 3.34. The van der Waals surface area contributed by atoms with Crippen molar-refractivity contribution in [2.75, 3.05) is 20.7 Å². The maximum Gasteiger partial charge on any atom is 0.259 e. The van der Waals surface area contributed by atoms with Crippen LogP contribution >= 0.6 is 15.9 Å². The summed E-state index contributed by atoms with van der Waals surface area (Å²) in [4.78, 5) is 13.1. The van der Waals surface area contributed by atoms with E-state index in [4.69, 9.17) is 4.74 Å². The van der Waals surface area contributed by atoms with Crippen LogP contribution < -0.4 is 10.1 Å². The first-order chi connectivity index (χ1) is 8.91. The summed E-state index contributed by atoms with van der Waals surface area (Å²) in [5.74, 6) is 0.671. The summed E-state index contributed by atoms with van der Waals surface area (Å²) >= 11 is 3.46. The molecule has 0 fully saturated rings. The molecule has 106 valence electrons. The zero-order valence-corrected chi connectivity index (χ0v) is 13.5. The number of carbonyl (C=O) groups excluding carboxylic acids is 1. The predicted molar refractivity (Wildman–Crippen MR) is 80.3 cm³/mol. The SMILES string of the molecule is CC(C)NCc1cccc(Br)c1OCC(=O)N(C)C. The van der Waals surface area contributed by atoms with Gasteiger partial charge >= 0.3 is 0 Å². The molecule has 1 aromatic carbocycles. The van der Waals surface area contributed by atoms with Gasteiger partial charge in [0.05, 0.1) is 4.47 Å². The molecule has 19 heavy (non-hydrogen) atoms. The van der Waals surface area contributed by atoms with Crippen molar-refractivity contribution < 1.29 is 9.53 Å². The first-order valence-electron chi connectivity index (χ1n) is 6.25. The lowest BCUT2D eigenvalue weighted by Gasteiger charge is -2.16. The van der Waals surface area contributed by atoms with Crippen LogP contribution in [0.3, 0.4) is 0 Å². The molecule has 0 aliphatic heterocycles. The molecule has 1 aromatic rings. The van der Waals surface area contributed by atoms with Crippen molar-refractivity contribution >= 4 is 21.8 Å². The quantitative estimate of drug-likeness (QED) is 0.871. The molecule has 1 N–H and O–H groups in total. The summed E-state index contributed by atoms with van der Waals surface area (Å²) < 4.78 is 6.51. The minimum absolute atomic E-state index is 0.0459. The molecule has 1 amide bonds. The average molecular weight is 329 g/mol. The Morgan fingerprint density at radius 3 is 2.68 bits per heavy atom. The first-order valence-corrected chi connectivity index (χ1v) is 7.04. The van der Waals surface area contributed by atoms with E-state index in [1.165, 1.54) is 4.90 Å². The van der Waals surface area contributed by atoms with Crippen LogP contribution in [0.2, 0.25) is 0 Å². The smallest absolute Gasteiger partial charge is 0.259 e. The lowest BCUT2D eigenvalue weighted by molar-refractivity contribution is -0.130. The van der Waals surface area contributed by atoms with Gasteiger partial charge in [0.25, 0.3) is 5.91 Å². The number of hydrogen-bond donors (Lipinski definition) is 1. The molecule has 0 aromatic heterocycles. The number of ether oxygens (including phenoxy) is 1. The van der Waals surface area contributed by atoms with Gasteiger partial charge in [-0.15, -0.1) is 0 Å². The Hall–Kier alpha value is -1.07. The number of nitrogens with zero attached hydrogens (tertiary/aromatic N) is 1. The molecule has 0 aliphatic carbocycles. The molecule has 0 saturated carbocycles. The maximum absolute atomic E-state index is 11.6. The Morgan fingerprint density at radius 1 is 1.42 bits per heavy atom. The number of benzene rings is 1. The highest BCUT2D eigenvalue weighted by molar-refractivity contribution is 9.10. The number of hydrogen-bond acceptors (Lipinski definition) is 3. The van der Waals surface area contributed by atoms with Crippen LogP contribution in [-0.2, 0) is 11.3 Å². The Kier molecular flexibility index (Phi) is 6.31. The number of amides is 1. The van der Waals surface area contributed by atoms with Crippen molar-refractivity contribution in [3.63, 3.8) is 0 Å². The van der Waals surface area contributed by atoms with Crippen molar-refractivity contribution in [2.45, 2.75) is 26.4 Å². The van der Waals surface area contributed by atoms with Gasteiger partial charge in [0.15, 0.2) is 6.61 Å². The number of nitrogens with one attached hydrogen (secondary N) is 1. The van der Waals surface area contributed by atoms with Crippen LogP contribution in [0.15, 0.2) is 22.7 Å². The fourth-order valence-corrected chi connectivity index (χ4v) is 1.95. The number of likely N-dealkylation sites (N-methyl/N-ethyl adjacent to an activating group) is 1.